The van der Waals surface area contributed by atoms with Crippen molar-refractivity contribution in [3.63, 3.8) is 0 Å². The van der Waals surface area contributed by atoms with E-state index >= 15 is 0 Å². The highest BCUT2D eigenvalue weighted by atomic mass is 35.5. The average molecular weight is 629 g/mol. The van der Waals surface area contributed by atoms with Crippen molar-refractivity contribution in [2.75, 3.05) is 24.5 Å². The highest BCUT2D eigenvalue weighted by Gasteiger charge is 2.29. The molecule has 232 valence electrons. The molecular weight excluding hydrogens is 587 g/mol. The van der Waals surface area contributed by atoms with Crippen LogP contribution >= 0.6 is 22.9 Å². The van der Waals surface area contributed by atoms with Crippen molar-refractivity contribution in [1.29, 1.82) is 0 Å². The van der Waals surface area contributed by atoms with Gasteiger partial charge in [-0.1, -0.05) is 42.3 Å². The van der Waals surface area contributed by atoms with Gasteiger partial charge in [-0.2, -0.15) is 0 Å². The van der Waals surface area contributed by atoms with E-state index in [2.05, 4.69) is 48.0 Å². The number of aryl methyl sites for hydroxylation is 2. The van der Waals surface area contributed by atoms with Crippen molar-refractivity contribution < 1.29 is 18.7 Å². The number of benzene rings is 2. The number of ether oxygens (including phenoxy) is 1. The lowest BCUT2D eigenvalue weighted by Gasteiger charge is -2.33. The molecule has 1 aromatic heterocycles. The van der Waals surface area contributed by atoms with Crippen LogP contribution in [0.5, 0.6) is 0 Å². The molecule has 0 spiro atoms. The third-order valence-electron chi connectivity index (χ3n) is 7.69. The maximum Gasteiger partial charge on any atom is 0.309 e. The van der Waals surface area contributed by atoms with Crippen molar-refractivity contribution >= 4 is 39.9 Å². The fourth-order valence-electron chi connectivity index (χ4n) is 5.31. The fourth-order valence-corrected chi connectivity index (χ4v) is 6.34. The summed E-state index contributed by atoms with van der Waals surface area (Å²) in [6, 6.07) is 8.62. The van der Waals surface area contributed by atoms with E-state index in [-0.39, 0.29) is 24.2 Å². The Labute approximate surface area is 263 Å². The van der Waals surface area contributed by atoms with Gasteiger partial charge in [0, 0.05) is 23.7 Å². The number of likely N-dealkylation sites (tertiary alicyclic amines) is 1. The molecule has 7 nitrogen and oxygen atoms in total. The number of carbonyl (C=O) groups excluding carboxylic acids is 2. The van der Waals surface area contributed by atoms with Gasteiger partial charge in [-0.3, -0.25) is 19.4 Å². The predicted octanol–water partition coefficient (Wildman–Crippen LogP) is 7.54. The minimum atomic E-state index is -0.493. The molecule has 1 aliphatic rings. The van der Waals surface area contributed by atoms with Crippen LogP contribution in [-0.4, -0.2) is 52.2 Å². The Balaban J connectivity index is 1.45. The fraction of sp³-hybridized carbons (Fsp3) is 0.515. The number of halogens is 2. The summed E-state index contributed by atoms with van der Waals surface area (Å²) in [5, 5.41) is 10.4. The molecule has 0 bridgehead atoms. The largest absolute Gasteiger partial charge is 0.460 e. The number of nitrogens with zero attached hydrogens (tertiary/aromatic N) is 4. The van der Waals surface area contributed by atoms with Crippen molar-refractivity contribution in [3.05, 3.63) is 63.4 Å². The predicted molar refractivity (Wildman–Crippen MR) is 171 cm³/mol. The van der Waals surface area contributed by atoms with Crippen molar-refractivity contribution in [3.8, 4) is 10.6 Å². The second-order valence-corrected chi connectivity index (χ2v) is 13.8. The molecule has 3 aromatic rings. The minimum absolute atomic E-state index is 0.0411. The van der Waals surface area contributed by atoms with E-state index in [0.717, 1.165) is 67.0 Å². The Hall–Kier alpha value is -2.88. The third kappa shape index (κ3) is 8.83. The van der Waals surface area contributed by atoms with E-state index in [1.807, 2.05) is 20.8 Å². The maximum absolute atomic E-state index is 14.4. The summed E-state index contributed by atoms with van der Waals surface area (Å²) < 4.78 is 20.0. The molecule has 1 aliphatic heterocycles. The number of amides is 1. The second-order valence-electron chi connectivity index (χ2n) is 12.4. The molecule has 0 unspecified atom stereocenters. The maximum atomic E-state index is 14.4. The molecule has 0 saturated carbocycles. The first-order chi connectivity index (χ1) is 20.3. The lowest BCUT2D eigenvalue weighted by molar-refractivity contribution is -0.161. The molecule has 0 aliphatic carbocycles. The summed E-state index contributed by atoms with van der Waals surface area (Å²) in [6.07, 6.45) is 3.23. The number of hydrogen-bond acceptors (Lipinski definition) is 7. The van der Waals surface area contributed by atoms with E-state index in [1.165, 1.54) is 23.0 Å². The summed E-state index contributed by atoms with van der Waals surface area (Å²) in [6.45, 7) is 15.0. The van der Waals surface area contributed by atoms with Gasteiger partial charge in [-0.25, -0.2) is 4.39 Å². The van der Waals surface area contributed by atoms with Crippen LogP contribution < -0.4 is 4.90 Å². The average Bonchev–Trinajstić information content (AvgIpc) is 3.42. The van der Waals surface area contributed by atoms with E-state index in [9.17, 15) is 14.0 Å². The second kappa shape index (κ2) is 14.3. The van der Waals surface area contributed by atoms with Crippen LogP contribution in [0.3, 0.4) is 0 Å². The molecule has 0 atom stereocenters. The van der Waals surface area contributed by atoms with Crippen LogP contribution in [0.1, 0.15) is 75.6 Å². The lowest BCUT2D eigenvalue weighted by atomic mass is 9.94. The number of hydrogen-bond donors (Lipinski definition) is 0. The molecule has 10 heteroatoms. The van der Waals surface area contributed by atoms with Gasteiger partial charge in [0.1, 0.15) is 16.4 Å². The normalized spacial score (nSPS) is 14.6. The first kappa shape index (κ1) is 33.0. The molecule has 2 heterocycles. The van der Waals surface area contributed by atoms with E-state index in [0.29, 0.717) is 22.3 Å². The topological polar surface area (TPSA) is 75.6 Å². The zero-order valence-corrected chi connectivity index (χ0v) is 27.6. The van der Waals surface area contributed by atoms with Crippen LogP contribution in [0.15, 0.2) is 30.3 Å². The zero-order chi connectivity index (χ0) is 31.3. The Bertz CT molecular complexity index is 1420. The minimum Gasteiger partial charge on any atom is -0.460 e. The van der Waals surface area contributed by atoms with Crippen LogP contribution in [0.4, 0.5) is 9.52 Å². The smallest absolute Gasteiger partial charge is 0.309 e. The van der Waals surface area contributed by atoms with Gasteiger partial charge in [-0.15, -0.1) is 10.2 Å². The summed E-state index contributed by atoms with van der Waals surface area (Å²) >= 11 is 7.25. The van der Waals surface area contributed by atoms with E-state index in [1.54, 1.807) is 17.0 Å². The van der Waals surface area contributed by atoms with Gasteiger partial charge >= 0.3 is 5.97 Å². The molecular formula is C33H42ClFN4O3S. The summed E-state index contributed by atoms with van der Waals surface area (Å²) in [5.41, 5.74) is 4.40. The summed E-state index contributed by atoms with van der Waals surface area (Å²) in [7, 11) is 0. The number of piperidine rings is 1. The van der Waals surface area contributed by atoms with Gasteiger partial charge in [0.05, 0.1) is 12.3 Å². The quantitative estimate of drug-likeness (QED) is 0.216. The Morgan fingerprint density at radius 3 is 2.40 bits per heavy atom. The molecule has 2 aromatic carbocycles. The zero-order valence-electron chi connectivity index (χ0n) is 26.0. The Morgan fingerprint density at radius 2 is 1.79 bits per heavy atom. The first-order valence-corrected chi connectivity index (χ1v) is 16.2. The first-order valence-electron chi connectivity index (χ1n) is 15.0. The molecule has 1 saturated heterocycles. The molecule has 0 N–H and O–H groups in total. The molecule has 43 heavy (non-hydrogen) atoms. The van der Waals surface area contributed by atoms with Gasteiger partial charge in [0.15, 0.2) is 0 Å². The van der Waals surface area contributed by atoms with Gasteiger partial charge < -0.3 is 4.74 Å². The molecule has 1 fully saturated rings. The summed E-state index contributed by atoms with van der Waals surface area (Å²) in [5.74, 6) is -0.851. The number of carbonyl (C=O) groups is 2. The highest BCUT2D eigenvalue weighted by molar-refractivity contribution is 7.18. The lowest BCUT2D eigenvalue weighted by Crippen LogP contribution is -2.38. The van der Waals surface area contributed by atoms with E-state index < -0.39 is 11.4 Å². The number of unbranched alkanes of at least 4 members (excludes halogenated alkanes) is 1. The van der Waals surface area contributed by atoms with Crippen molar-refractivity contribution in [1.82, 2.24) is 15.1 Å². The third-order valence-corrected chi connectivity index (χ3v) is 8.92. The van der Waals surface area contributed by atoms with Crippen LogP contribution in [-0.2, 0) is 27.3 Å². The van der Waals surface area contributed by atoms with Crippen LogP contribution in [0, 0.1) is 25.6 Å². The van der Waals surface area contributed by atoms with Crippen molar-refractivity contribution in [2.24, 2.45) is 5.92 Å². The number of esters is 1. The number of rotatable bonds is 10. The van der Waals surface area contributed by atoms with Crippen molar-refractivity contribution in [2.45, 2.75) is 85.8 Å². The Morgan fingerprint density at radius 1 is 1.12 bits per heavy atom. The number of aromatic nitrogens is 2. The van der Waals surface area contributed by atoms with Gasteiger partial charge in [0.25, 0.3) is 0 Å². The SMILES string of the molecule is CCCCN(C(=O)Cc1ccc(Cl)cc1F)c1nnc(-c2cc(C)c(CN3CCC(C(=O)OC(C)(C)C)CC3)c(C)c2)s1. The van der Waals surface area contributed by atoms with Crippen LogP contribution in [0.25, 0.3) is 10.6 Å². The number of anilines is 1. The molecule has 0 radical (unpaired) electrons. The van der Waals surface area contributed by atoms with Crippen LogP contribution in [0.2, 0.25) is 5.02 Å². The summed E-state index contributed by atoms with van der Waals surface area (Å²) in [4.78, 5) is 29.8. The molecule has 1 amide bonds. The van der Waals surface area contributed by atoms with E-state index in [4.69, 9.17) is 16.3 Å². The standard InChI is InChI=1S/C33H42ClFN4O3S/c1-7-8-13-39(29(40)18-24-9-10-26(34)19-28(24)35)32-37-36-30(43-32)25-16-21(2)27(22(3)17-25)20-38-14-11-23(12-15-38)31(41)42-33(4,5)6/h9-10,16-17,19,23H,7-8,11-15,18,20H2,1-6H3. The highest BCUT2D eigenvalue weighted by Crippen LogP contribution is 2.33. The monoisotopic (exact) mass is 628 g/mol. The van der Waals surface area contributed by atoms with Gasteiger partial charge in [0.2, 0.25) is 11.0 Å². The Kier molecular flexibility index (Phi) is 11.0. The van der Waals surface area contributed by atoms with Gasteiger partial charge in [-0.05, 0) is 113 Å². The molecule has 4 rings (SSSR count).